The molecule has 16 heavy (non-hydrogen) atoms. The number of unbranched alkanes of at least 4 members (excludes halogenated alkanes) is 2. The molecule has 0 fully saturated rings. The van der Waals surface area contributed by atoms with Gasteiger partial charge >= 0.3 is 0 Å². The lowest BCUT2D eigenvalue weighted by Crippen LogP contribution is -2.24. The fraction of sp³-hybridized carbons (Fsp3) is 1.00. The lowest BCUT2D eigenvalue weighted by molar-refractivity contribution is 0.121. The standard InChI is InChI=1S/C13H30N2O/c1-4-9-14-10-7-6-8-11-15(3)12-13-16-5-2/h14H,4-13H2,1-3H3. The Morgan fingerprint density at radius 2 is 1.81 bits per heavy atom. The summed E-state index contributed by atoms with van der Waals surface area (Å²) in [6, 6.07) is 0. The van der Waals surface area contributed by atoms with E-state index < -0.39 is 0 Å². The Labute approximate surface area is 102 Å². The molecule has 0 aliphatic carbocycles. The average molecular weight is 230 g/mol. The molecular formula is C13H30N2O. The van der Waals surface area contributed by atoms with Crippen LogP contribution in [-0.2, 0) is 4.74 Å². The first-order valence-corrected chi connectivity index (χ1v) is 6.78. The molecule has 0 aromatic rings. The molecule has 0 saturated heterocycles. The molecule has 0 saturated carbocycles. The van der Waals surface area contributed by atoms with Crippen LogP contribution in [0.15, 0.2) is 0 Å². The highest BCUT2D eigenvalue weighted by Crippen LogP contribution is 1.96. The van der Waals surface area contributed by atoms with Crippen LogP contribution >= 0.6 is 0 Å². The molecule has 98 valence electrons. The fourth-order valence-corrected chi connectivity index (χ4v) is 1.59. The van der Waals surface area contributed by atoms with E-state index in [1.54, 1.807) is 0 Å². The van der Waals surface area contributed by atoms with Gasteiger partial charge in [-0.3, -0.25) is 0 Å². The van der Waals surface area contributed by atoms with Crippen molar-refractivity contribution in [1.29, 1.82) is 0 Å². The van der Waals surface area contributed by atoms with Gasteiger partial charge in [-0.1, -0.05) is 13.3 Å². The summed E-state index contributed by atoms with van der Waals surface area (Å²) in [7, 11) is 2.17. The molecule has 0 aromatic carbocycles. The van der Waals surface area contributed by atoms with Gasteiger partial charge in [-0.05, 0) is 52.9 Å². The molecule has 0 atom stereocenters. The zero-order valence-electron chi connectivity index (χ0n) is 11.4. The Bertz CT molecular complexity index is 131. The zero-order valence-corrected chi connectivity index (χ0v) is 11.4. The Morgan fingerprint density at radius 1 is 1.00 bits per heavy atom. The third-order valence-corrected chi connectivity index (χ3v) is 2.64. The van der Waals surface area contributed by atoms with E-state index >= 15 is 0 Å². The van der Waals surface area contributed by atoms with E-state index in [4.69, 9.17) is 4.74 Å². The van der Waals surface area contributed by atoms with Crippen molar-refractivity contribution in [2.45, 2.75) is 39.5 Å². The van der Waals surface area contributed by atoms with Crippen LogP contribution in [0.4, 0.5) is 0 Å². The van der Waals surface area contributed by atoms with E-state index in [0.717, 1.165) is 26.3 Å². The van der Waals surface area contributed by atoms with Crippen LogP contribution in [0.5, 0.6) is 0 Å². The van der Waals surface area contributed by atoms with E-state index in [0.29, 0.717) is 0 Å². The quantitative estimate of drug-likeness (QED) is 0.520. The second-order valence-electron chi connectivity index (χ2n) is 4.31. The van der Waals surface area contributed by atoms with Crippen LogP contribution in [0.25, 0.3) is 0 Å². The molecule has 0 spiro atoms. The maximum atomic E-state index is 5.32. The molecule has 0 unspecified atom stereocenters. The smallest absolute Gasteiger partial charge is 0.0593 e. The van der Waals surface area contributed by atoms with E-state index in [9.17, 15) is 0 Å². The van der Waals surface area contributed by atoms with E-state index in [2.05, 4.69) is 24.2 Å². The third-order valence-electron chi connectivity index (χ3n) is 2.64. The van der Waals surface area contributed by atoms with Crippen molar-refractivity contribution >= 4 is 0 Å². The minimum Gasteiger partial charge on any atom is -0.380 e. The number of ether oxygens (including phenoxy) is 1. The van der Waals surface area contributed by atoms with Crippen LogP contribution in [0, 0.1) is 0 Å². The lowest BCUT2D eigenvalue weighted by Gasteiger charge is -2.16. The van der Waals surface area contributed by atoms with Crippen molar-refractivity contribution in [2.75, 3.05) is 46.4 Å². The zero-order chi connectivity index (χ0) is 12.1. The van der Waals surface area contributed by atoms with Gasteiger partial charge in [0.1, 0.15) is 0 Å². The first-order valence-electron chi connectivity index (χ1n) is 6.78. The highest BCUT2D eigenvalue weighted by atomic mass is 16.5. The van der Waals surface area contributed by atoms with Gasteiger partial charge in [0.25, 0.3) is 0 Å². The van der Waals surface area contributed by atoms with Crippen LogP contribution in [-0.4, -0.2) is 51.3 Å². The van der Waals surface area contributed by atoms with Gasteiger partial charge < -0.3 is 15.0 Å². The molecule has 3 nitrogen and oxygen atoms in total. The monoisotopic (exact) mass is 230 g/mol. The van der Waals surface area contributed by atoms with Gasteiger partial charge in [0.2, 0.25) is 0 Å². The van der Waals surface area contributed by atoms with Crippen molar-refractivity contribution in [3.05, 3.63) is 0 Å². The summed E-state index contributed by atoms with van der Waals surface area (Å²) in [5, 5.41) is 3.43. The van der Waals surface area contributed by atoms with Gasteiger partial charge in [0.05, 0.1) is 6.61 Å². The number of nitrogens with one attached hydrogen (secondary N) is 1. The number of likely N-dealkylation sites (N-methyl/N-ethyl adjacent to an activating group) is 1. The lowest BCUT2D eigenvalue weighted by atomic mass is 10.2. The molecule has 0 bridgehead atoms. The largest absolute Gasteiger partial charge is 0.380 e. The molecule has 0 amide bonds. The van der Waals surface area contributed by atoms with Gasteiger partial charge in [0, 0.05) is 13.2 Å². The molecule has 0 aromatic heterocycles. The number of rotatable bonds is 12. The highest BCUT2D eigenvalue weighted by molar-refractivity contribution is 4.53. The molecule has 1 N–H and O–H groups in total. The molecule has 0 heterocycles. The molecular weight excluding hydrogens is 200 g/mol. The topological polar surface area (TPSA) is 24.5 Å². The predicted molar refractivity (Wildman–Crippen MR) is 71.0 cm³/mol. The van der Waals surface area contributed by atoms with E-state index in [1.807, 2.05) is 6.92 Å². The second-order valence-corrected chi connectivity index (χ2v) is 4.31. The van der Waals surface area contributed by atoms with Crippen molar-refractivity contribution in [3.8, 4) is 0 Å². The van der Waals surface area contributed by atoms with Crippen LogP contribution in [0.1, 0.15) is 39.5 Å². The first-order chi connectivity index (χ1) is 7.81. The Morgan fingerprint density at radius 3 is 2.50 bits per heavy atom. The number of nitrogens with zero attached hydrogens (tertiary/aromatic N) is 1. The molecule has 3 heteroatoms. The van der Waals surface area contributed by atoms with Gasteiger partial charge in [-0.2, -0.15) is 0 Å². The Kier molecular flexibility index (Phi) is 12.9. The summed E-state index contributed by atoms with van der Waals surface area (Å²) >= 11 is 0. The highest BCUT2D eigenvalue weighted by Gasteiger charge is 1.97. The van der Waals surface area contributed by atoms with Crippen molar-refractivity contribution in [2.24, 2.45) is 0 Å². The minimum atomic E-state index is 0.830. The molecule has 0 rings (SSSR count). The summed E-state index contributed by atoms with van der Waals surface area (Å²) in [4.78, 5) is 2.36. The normalized spacial score (nSPS) is 11.2. The van der Waals surface area contributed by atoms with Crippen LogP contribution in [0.3, 0.4) is 0 Å². The predicted octanol–water partition coefficient (Wildman–Crippen LogP) is 2.12. The summed E-state index contributed by atoms with van der Waals surface area (Å²) in [5.41, 5.74) is 0. The first kappa shape index (κ1) is 15.9. The minimum absolute atomic E-state index is 0.830. The number of hydrogen-bond acceptors (Lipinski definition) is 3. The summed E-state index contributed by atoms with van der Waals surface area (Å²) in [6.45, 7) is 10.5. The Balaban J connectivity index is 3.06. The summed E-state index contributed by atoms with van der Waals surface area (Å²) < 4.78 is 5.32. The maximum Gasteiger partial charge on any atom is 0.0593 e. The maximum absolute atomic E-state index is 5.32. The molecule has 0 aliphatic heterocycles. The molecule has 0 aliphatic rings. The summed E-state index contributed by atoms with van der Waals surface area (Å²) in [6.07, 6.45) is 5.17. The van der Waals surface area contributed by atoms with Gasteiger partial charge in [0.15, 0.2) is 0 Å². The SMILES string of the molecule is CCCNCCCCCN(C)CCOCC. The van der Waals surface area contributed by atoms with E-state index in [1.165, 1.54) is 38.8 Å². The Hall–Kier alpha value is -0.120. The van der Waals surface area contributed by atoms with Gasteiger partial charge in [-0.15, -0.1) is 0 Å². The van der Waals surface area contributed by atoms with Crippen LogP contribution in [0.2, 0.25) is 0 Å². The molecule has 0 radical (unpaired) electrons. The van der Waals surface area contributed by atoms with E-state index in [-0.39, 0.29) is 0 Å². The van der Waals surface area contributed by atoms with Crippen molar-refractivity contribution < 1.29 is 4.74 Å². The van der Waals surface area contributed by atoms with Crippen LogP contribution < -0.4 is 5.32 Å². The summed E-state index contributed by atoms with van der Waals surface area (Å²) in [5.74, 6) is 0. The number of hydrogen-bond donors (Lipinski definition) is 1. The third kappa shape index (κ3) is 12.0. The second kappa shape index (κ2) is 12.9. The van der Waals surface area contributed by atoms with Crippen molar-refractivity contribution in [3.63, 3.8) is 0 Å². The average Bonchev–Trinajstić information content (AvgIpc) is 2.28. The van der Waals surface area contributed by atoms with Gasteiger partial charge in [-0.25, -0.2) is 0 Å². The fourth-order valence-electron chi connectivity index (χ4n) is 1.59. The van der Waals surface area contributed by atoms with Crippen molar-refractivity contribution in [1.82, 2.24) is 10.2 Å².